The Labute approximate surface area is 222 Å². The van der Waals surface area contributed by atoms with Crippen LogP contribution in [0.15, 0.2) is 91.4 Å². The summed E-state index contributed by atoms with van der Waals surface area (Å²) in [4.78, 5) is 28.7. The second-order valence-corrected chi connectivity index (χ2v) is 9.61. The summed E-state index contributed by atoms with van der Waals surface area (Å²) in [6, 6.07) is 25.6. The molecule has 7 nitrogen and oxygen atoms in total. The molecule has 1 saturated carbocycles. The molecule has 7 heteroatoms. The van der Waals surface area contributed by atoms with E-state index in [1.54, 1.807) is 6.20 Å². The minimum atomic E-state index is -0.179. The minimum Gasteiger partial charge on any atom is -0.489 e. The van der Waals surface area contributed by atoms with E-state index < -0.39 is 0 Å². The molecule has 0 aliphatic heterocycles. The number of nitrogens with zero attached hydrogens (tertiary/aromatic N) is 2. The van der Waals surface area contributed by atoms with Crippen molar-refractivity contribution in [1.82, 2.24) is 14.9 Å². The van der Waals surface area contributed by atoms with Crippen LogP contribution in [0, 0.1) is 5.92 Å². The van der Waals surface area contributed by atoms with E-state index in [-0.39, 0.29) is 17.9 Å². The van der Waals surface area contributed by atoms with Gasteiger partial charge in [0.25, 0.3) is 0 Å². The lowest BCUT2D eigenvalue weighted by atomic mass is 10.1. The molecule has 1 fully saturated rings. The van der Waals surface area contributed by atoms with Crippen molar-refractivity contribution in [2.75, 3.05) is 11.9 Å². The Morgan fingerprint density at radius 2 is 1.66 bits per heavy atom. The molecule has 1 heterocycles. The van der Waals surface area contributed by atoms with E-state index in [1.165, 1.54) is 16.5 Å². The fraction of sp³-hybridized carbons (Fsp3) is 0.258. The van der Waals surface area contributed by atoms with Crippen LogP contribution >= 0.6 is 0 Å². The maximum Gasteiger partial charge on any atom is 0.326 e. The Hall–Kier alpha value is -4.39. The fourth-order valence-corrected chi connectivity index (χ4v) is 4.13. The van der Waals surface area contributed by atoms with Gasteiger partial charge in [0.1, 0.15) is 18.7 Å². The number of carbonyl (C=O) groups excluding carboxylic acids is 2. The van der Waals surface area contributed by atoms with Gasteiger partial charge in [-0.05, 0) is 79.6 Å². The number of anilines is 1. The summed E-state index contributed by atoms with van der Waals surface area (Å²) < 4.78 is 7.39. The lowest BCUT2D eigenvalue weighted by Crippen LogP contribution is -2.28. The molecule has 0 bridgehead atoms. The van der Waals surface area contributed by atoms with Crippen molar-refractivity contribution >= 4 is 17.6 Å². The zero-order valence-corrected chi connectivity index (χ0v) is 21.3. The van der Waals surface area contributed by atoms with Gasteiger partial charge in [-0.2, -0.15) is 0 Å². The van der Waals surface area contributed by atoms with E-state index in [0.29, 0.717) is 13.2 Å². The third kappa shape index (κ3) is 7.09. The molecule has 2 amide bonds. The number of unbranched alkanes of at least 4 members (excludes halogenated alkanes) is 1. The van der Waals surface area contributed by atoms with Crippen LogP contribution in [0.2, 0.25) is 0 Å². The lowest BCUT2D eigenvalue weighted by Gasteiger charge is -2.08. The maximum absolute atomic E-state index is 12.5. The van der Waals surface area contributed by atoms with Gasteiger partial charge in [0.15, 0.2) is 0 Å². The number of ether oxygens (including phenoxy) is 1. The summed E-state index contributed by atoms with van der Waals surface area (Å²) in [5, 5.41) is 5.90. The first-order valence-electron chi connectivity index (χ1n) is 13.1. The number of rotatable bonds is 11. The zero-order chi connectivity index (χ0) is 26.2. The van der Waals surface area contributed by atoms with Crippen LogP contribution in [0.5, 0.6) is 5.75 Å². The molecule has 3 aromatic carbocycles. The van der Waals surface area contributed by atoms with Crippen LogP contribution in [0.3, 0.4) is 0 Å². The van der Waals surface area contributed by atoms with Crippen LogP contribution in [0.1, 0.15) is 36.8 Å². The highest BCUT2D eigenvalue weighted by molar-refractivity contribution is 5.94. The van der Waals surface area contributed by atoms with Crippen molar-refractivity contribution < 1.29 is 14.3 Å². The standard InChI is InChI=1S/C31H32N4O3/c36-30(26-11-12-26)34-27-15-9-24(10-16-27)21-38-28-17-13-25(14-18-28)29-20-35(22-33-29)31(37)32-19-5-4-8-23-6-2-1-3-7-23/h1-3,6-7,9-10,13-18,20,22,26H,4-5,8,11-12,19,21H2,(H,32,37)(H,34,36). The second-order valence-electron chi connectivity index (χ2n) is 9.61. The van der Waals surface area contributed by atoms with Crippen LogP contribution in [0.4, 0.5) is 10.5 Å². The van der Waals surface area contributed by atoms with E-state index in [0.717, 1.165) is 60.4 Å². The van der Waals surface area contributed by atoms with Gasteiger partial charge in [-0.15, -0.1) is 0 Å². The summed E-state index contributed by atoms with van der Waals surface area (Å²) in [5.74, 6) is 1.04. The average Bonchev–Trinajstić information content (AvgIpc) is 3.70. The Morgan fingerprint density at radius 3 is 2.39 bits per heavy atom. The van der Waals surface area contributed by atoms with Gasteiger partial charge < -0.3 is 15.4 Å². The first-order chi connectivity index (χ1) is 18.6. The van der Waals surface area contributed by atoms with Gasteiger partial charge in [-0.3, -0.25) is 9.36 Å². The molecule has 0 unspecified atom stereocenters. The van der Waals surface area contributed by atoms with Crippen LogP contribution in [0.25, 0.3) is 11.3 Å². The van der Waals surface area contributed by atoms with Crippen molar-refractivity contribution in [2.24, 2.45) is 5.92 Å². The second kappa shape index (κ2) is 12.2. The predicted molar refractivity (Wildman–Crippen MR) is 148 cm³/mol. The normalized spacial score (nSPS) is 12.6. The first kappa shape index (κ1) is 25.3. The molecule has 1 aromatic heterocycles. The van der Waals surface area contributed by atoms with E-state index in [4.69, 9.17) is 4.74 Å². The predicted octanol–water partition coefficient (Wildman–Crippen LogP) is 6.06. The average molecular weight is 509 g/mol. The van der Waals surface area contributed by atoms with Crippen molar-refractivity contribution in [1.29, 1.82) is 0 Å². The van der Waals surface area contributed by atoms with Gasteiger partial charge in [-0.25, -0.2) is 9.78 Å². The SMILES string of the molecule is O=C(Nc1ccc(COc2ccc(-c3cn(C(=O)NCCCCc4ccccc4)cn3)cc2)cc1)C1CC1. The Kier molecular flexibility index (Phi) is 8.13. The quantitative estimate of drug-likeness (QED) is 0.241. The van der Waals surface area contributed by atoms with Crippen molar-refractivity contribution in [3.05, 3.63) is 103 Å². The Morgan fingerprint density at radius 1 is 0.895 bits per heavy atom. The molecule has 0 radical (unpaired) electrons. The van der Waals surface area contributed by atoms with E-state index in [9.17, 15) is 9.59 Å². The van der Waals surface area contributed by atoms with E-state index in [1.807, 2.05) is 66.7 Å². The van der Waals surface area contributed by atoms with Crippen LogP contribution < -0.4 is 15.4 Å². The number of hydrogen-bond acceptors (Lipinski definition) is 4. The van der Waals surface area contributed by atoms with Crippen LogP contribution in [-0.2, 0) is 17.8 Å². The maximum atomic E-state index is 12.5. The van der Waals surface area contributed by atoms with Crippen molar-refractivity contribution in [3.8, 4) is 17.0 Å². The Bertz CT molecular complexity index is 1340. The van der Waals surface area contributed by atoms with Gasteiger partial charge in [0, 0.05) is 29.9 Å². The number of aromatic nitrogens is 2. The summed E-state index contributed by atoms with van der Waals surface area (Å²) in [6.45, 7) is 1.05. The molecule has 0 spiro atoms. The Balaban J connectivity index is 1.05. The molecule has 1 aliphatic carbocycles. The summed E-state index contributed by atoms with van der Waals surface area (Å²) in [5.41, 5.74) is 4.77. The molecule has 38 heavy (non-hydrogen) atoms. The van der Waals surface area contributed by atoms with Crippen molar-refractivity contribution in [3.63, 3.8) is 0 Å². The summed E-state index contributed by atoms with van der Waals surface area (Å²) in [6.07, 6.45) is 8.21. The number of aryl methyl sites for hydroxylation is 1. The molecular formula is C31H32N4O3. The molecule has 5 rings (SSSR count). The zero-order valence-electron chi connectivity index (χ0n) is 21.3. The number of amides is 2. The lowest BCUT2D eigenvalue weighted by molar-refractivity contribution is -0.117. The van der Waals surface area contributed by atoms with Gasteiger partial charge >= 0.3 is 6.03 Å². The third-order valence-corrected chi connectivity index (χ3v) is 6.55. The highest BCUT2D eigenvalue weighted by Gasteiger charge is 2.29. The molecule has 0 atom stereocenters. The molecule has 194 valence electrons. The van der Waals surface area contributed by atoms with E-state index >= 15 is 0 Å². The molecule has 4 aromatic rings. The van der Waals surface area contributed by atoms with Gasteiger partial charge in [-0.1, -0.05) is 42.5 Å². The molecular weight excluding hydrogens is 476 g/mol. The number of benzene rings is 3. The van der Waals surface area contributed by atoms with Crippen LogP contribution in [-0.4, -0.2) is 28.0 Å². The molecule has 2 N–H and O–H groups in total. The third-order valence-electron chi connectivity index (χ3n) is 6.55. The highest BCUT2D eigenvalue weighted by atomic mass is 16.5. The topological polar surface area (TPSA) is 85.2 Å². The number of nitrogens with one attached hydrogen (secondary N) is 2. The van der Waals surface area contributed by atoms with Gasteiger partial charge in [0.2, 0.25) is 5.91 Å². The first-order valence-corrected chi connectivity index (χ1v) is 13.1. The number of imidazole rings is 1. The molecule has 0 saturated heterocycles. The summed E-state index contributed by atoms with van der Waals surface area (Å²) in [7, 11) is 0. The van der Waals surface area contributed by atoms with E-state index in [2.05, 4.69) is 27.8 Å². The monoisotopic (exact) mass is 508 g/mol. The minimum absolute atomic E-state index is 0.106. The summed E-state index contributed by atoms with van der Waals surface area (Å²) >= 11 is 0. The molecule has 1 aliphatic rings. The van der Waals surface area contributed by atoms with Crippen molar-refractivity contribution in [2.45, 2.75) is 38.7 Å². The largest absolute Gasteiger partial charge is 0.489 e. The number of carbonyl (C=O) groups is 2. The highest BCUT2D eigenvalue weighted by Crippen LogP contribution is 2.30. The number of hydrogen-bond donors (Lipinski definition) is 2. The smallest absolute Gasteiger partial charge is 0.326 e. The van der Waals surface area contributed by atoms with Gasteiger partial charge in [0.05, 0.1) is 5.69 Å². The fourth-order valence-electron chi connectivity index (χ4n) is 4.13.